The molecule has 1 heterocycles. The van der Waals surface area contributed by atoms with E-state index in [4.69, 9.17) is 16.2 Å². The average molecular weight is 257 g/mol. The van der Waals surface area contributed by atoms with Gasteiger partial charge in [0.2, 0.25) is 5.91 Å². The average Bonchev–Trinajstić information content (AvgIpc) is 2.36. The van der Waals surface area contributed by atoms with Gasteiger partial charge in [0.25, 0.3) is 0 Å². The third-order valence-corrected chi connectivity index (χ3v) is 2.16. The number of pyridine rings is 1. The Kier molecular flexibility index (Phi) is 4.70. The summed E-state index contributed by atoms with van der Waals surface area (Å²) >= 11 is 0. The van der Waals surface area contributed by atoms with Gasteiger partial charge in [0.1, 0.15) is 5.49 Å². The molecule has 0 spiro atoms. The van der Waals surface area contributed by atoms with Crippen LogP contribution in [-0.2, 0) is 4.79 Å². The maximum Gasteiger partial charge on any atom is 0.221 e. The molecular weight excluding hydrogens is 242 g/mol. The van der Waals surface area contributed by atoms with Gasteiger partial charge in [-0.05, 0) is 18.2 Å². The van der Waals surface area contributed by atoms with E-state index in [1.165, 1.54) is 35.9 Å². The van der Waals surface area contributed by atoms with Gasteiger partial charge in [0.05, 0.1) is 11.4 Å². The molecular formula is C13H15N5O. The van der Waals surface area contributed by atoms with Gasteiger partial charge in [-0.15, -0.1) is 0 Å². The lowest BCUT2D eigenvalue weighted by molar-refractivity contribution is -0.114. The second-order valence-corrected chi connectivity index (χ2v) is 3.71. The molecule has 4 N–H and O–H groups in total. The zero-order valence-electron chi connectivity index (χ0n) is 10.5. The minimum Gasteiger partial charge on any atom is -0.325 e. The number of amides is 1. The third-order valence-electron chi connectivity index (χ3n) is 2.16. The van der Waals surface area contributed by atoms with Crippen LogP contribution >= 0.6 is 0 Å². The van der Waals surface area contributed by atoms with Gasteiger partial charge in [-0.2, -0.15) is 0 Å². The first-order valence-corrected chi connectivity index (χ1v) is 5.47. The molecule has 1 aromatic heterocycles. The number of nitrogens with one attached hydrogen (secondary N) is 4. The van der Waals surface area contributed by atoms with Crippen LogP contribution in [0, 0.1) is 16.2 Å². The van der Waals surface area contributed by atoms with Crippen molar-refractivity contribution in [2.45, 2.75) is 6.92 Å². The van der Waals surface area contributed by atoms with Crippen molar-refractivity contribution in [1.82, 2.24) is 4.57 Å². The van der Waals surface area contributed by atoms with Gasteiger partial charge in [-0.3, -0.25) is 25.6 Å². The number of allylic oxidation sites excluding steroid dienone is 3. The van der Waals surface area contributed by atoms with Crippen LogP contribution in [0.15, 0.2) is 43.1 Å². The molecule has 0 unspecified atom stereocenters. The lowest BCUT2D eigenvalue weighted by Crippen LogP contribution is -2.30. The SMILES string of the molecule is C=C/C=C\C(=N)C(=N)n1cc(NC(C)=O)ccc1=N. The summed E-state index contributed by atoms with van der Waals surface area (Å²) < 4.78 is 1.21. The summed E-state index contributed by atoms with van der Waals surface area (Å²) in [5.74, 6) is -0.396. The van der Waals surface area contributed by atoms with Crippen LogP contribution < -0.4 is 10.8 Å². The fourth-order valence-corrected chi connectivity index (χ4v) is 1.34. The van der Waals surface area contributed by atoms with Crippen molar-refractivity contribution in [2.75, 3.05) is 5.32 Å². The molecule has 6 heteroatoms. The molecule has 6 nitrogen and oxygen atoms in total. The van der Waals surface area contributed by atoms with Crippen LogP contribution in [0.2, 0.25) is 0 Å². The van der Waals surface area contributed by atoms with Gasteiger partial charge in [-0.25, -0.2) is 0 Å². The van der Waals surface area contributed by atoms with Crippen molar-refractivity contribution in [3.8, 4) is 0 Å². The fraction of sp³-hybridized carbons (Fsp3) is 0.0769. The van der Waals surface area contributed by atoms with Crippen LogP contribution in [0.5, 0.6) is 0 Å². The molecule has 0 aliphatic rings. The Morgan fingerprint density at radius 1 is 1.42 bits per heavy atom. The normalized spacial score (nSPS) is 10.2. The molecule has 1 rings (SSSR count). The van der Waals surface area contributed by atoms with Gasteiger partial charge in [0.15, 0.2) is 5.84 Å². The van der Waals surface area contributed by atoms with Crippen molar-refractivity contribution < 1.29 is 4.79 Å². The highest BCUT2D eigenvalue weighted by Crippen LogP contribution is 2.03. The number of carbonyl (C=O) groups excluding carboxylic acids is 1. The van der Waals surface area contributed by atoms with Gasteiger partial charge in [0, 0.05) is 13.1 Å². The zero-order valence-corrected chi connectivity index (χ0v) is 10.5. The molecule has 0 bridgehead atoms. The minimum atomic E-state index is -0.238. The first-order valence-electron chi connectivity index (χ1n) is 5.47. The number of rotatable bonds is 4. The first-order chi connectivity index (χ1) is 8.95. The predicted octanol–water partition coefficient (Wildman–Crippen LogP) is 1.51. The number of hydrogen-bond donors (Lipinski definition) is 4. The lowest BCUT2D eigenvalue weighted by Gasteiger charge is -2.10. The Morgan fingerprint density at radius 3 is 2.68 bits per heavy atom. The van der Waals surface area contributed by atoms with Gasteiger partial charge < -0.3 is 5.32 Å². The summed E-state index contributed by atoms with van der Waals surface area (Å²) in [6.07, 6.45) is 5.88. The van der Waals surface area contributed by atoms with E-state index in [0.29, 0.717) is 5.69 Å². The molecule has 0 aliphatic heterocycles. The van der Waals surface area contributed by atoms with Crippen molar-refractivity contribution >= 4 is 23.1 Å². The summed E-state index contributed by atoms with van der Waals surface area (Å²) in [7, 11) is 0. The van der Waals surface area contributed by atoms with E-state index in [2.05, 4.69) is 11.9 Å². The number of hydrogen-bond acceptors (Lipinski definition) is 4. The number of carbonyl (C=O) groups is 1. The van der Waals surface area contributed by atoms with Crippen LogP contribution in [0.4, 0.5) is 5.69 Å². The maximum atomic E-state index is 11.0. The van der Waals surface area contributed by atoms with E-state index in [1.807, 2.05) is 0 Å². The third kappa shape index (κ3) is 3.88. The van der Waals surface area contributed by atoms with Crippen LogP contribution in [0.1, 0.15) is 6.92 Å². The van der Waals surface area contributed by atoms with E-state index in [9.17, 15) is 4.79 Å². The highest BCUT2D eigenvalue weighted by atomic mass is 16.1. The zero-order chi connectivity index (χ0) is 14.4. The Balaban J connectivity index is 3.11. The highest BCUT2D eigenvalue weighted by molar-refractivity contribution is 6.43. The van der Waals surface area contributed by atoms with Crippen molar-refractivity contribution in [3.05, 3.63) is 48.6 Å². The summed E-state index contributed by atoms with van der Waals surface area (Å²) in [5.41, 5.74) is 0.461. The van der Waals surface area contributed by atoms with Gasteiger partial charge in [-0.1, -0.05) is 18.7 Å². The lowest BCUT2D eigenvalue weighted by atomic mass is 10.3. The van der Waals surface area contributed by atoms with Gasteiger partial charge >= 0.3 is 0 Å². The van der Waals surface area contributed by atoms with E-state index in [0.717, 1.165) is 0 Å². The van der Waals surface area contributed by atoms with Crippen molar-refractivity contribution in [1.29, 1.82) is 16.2 Å². The smallest absolute Gasteiger partial charge is 0.221 e. The van der Waals surface area contributed by atoms with Crippen LogP contribution in [0.25, 0.3) is 0 Å². The Morgan fingerprint density at radius 2 is 2.11 bits per heavy atom. The largest absolute Gasteiger partial charge is 0.325 e. The molecule has 0 aliphatic carbocycles. The fourth-order valence-electron chi connectivity index (χ4n) is 1.34. The van der Waals surface area contributed by atoms with Crippen LogP contribution in [-0.4, -0.2) is 22.0 Å². The molecule has 0 fully saturated rings. The van der Waals surface area contributed by atoms with E-state index >= 15 is 0 Å². The molecule has 1 aromatic rings. The molecule has 0 atom stereocenters. The summed E-state index contributed by atoms with van der Waals surface area (Å²) in [4.78, 5) is 11.0. The molecule has 98 valence electrons. The summed E-state index contributed by atoms with van der Waals surface area (Å²) in [6.45, 7) is 4.86. The quantitative estimate of drug-likeness (QED) is 0.366. The van der Waals surface area contributed by atoms with Crippen molar-refractivity contribution in [3.63, 3.8) is 0 Å². The number of aromatic nitrogens is 1. The second kappa shape index (κ2) is 6.25. The van der Waals surface area contributed by atoms with E-state index < -0.39 is 0 Å². The monoisotopic (exact) mass is 257 g/mol. The maximum absolute atomic E-state index is 11.0. The molecule has 0 aromatic carbocycles. The highest BCUT2D eigenvalue weighted by Gasteiger charge is 2.06. The Bertz CT molecular complexity index is 624. The van der Waals surface area contributed by atoms with E-state index in [1.54, 1.807) is 12.1 Å². The van der Waals surface area contributed by atoms with Crippen LogP contribution in [0.3, 0.4) is 0 Å². The molecule has 0 radical (unpaired) electrons. The summed E-state index contributed by atoms with van der Waals surface area (Å²) in [6, 6.07) is 3.01. The number of nitrogens with zero attached hydrogens (tertiary/aromatic N) is 1. The Hall–Kier alpha value is -2.76. The Labute approximate surface area is 110 Å². The molecule has 0 saturated heterocycles. The first kappa shape index (κ1) is 14.3. The van der Waals surface area contributed by atoms with E-state index in [-0.39, 0.29) is 22.9 Å². The number of anilines is 1. The molecule has 0 saturated carbocycles. The minimum absolute atomic E-state index is 0.0517. The standard InChI is InChI=1S/C13H15N5O/c1-3-4-5-11(14)13(16)18-8-10(17-9(2)19)6-7-12(18)15/h3-8,14-16H,1H2,2H3,(H,17,19)/b5-4-,14-11?,15-12?,16-13?. The molecule has 1 amide bonds. The molecule has 19 heavy (non-hydrogen) atoms. The topological polar surface area (TPSA) is 106 Å². The predicted molar refractivity (Wildman–Crippen MR) is 74.8 cm³/mol. The second-order valence-electron chi connectivity index (χ2n) is 3.71. The van der Waals surface area contributed by atoms with Crippen molar-refractivity contribution in [2.24, 2.45) is 0 Å². The summed E-state index contributed by atoms with van der Waals surface area (Å²) in [5, 5.41) is 25.8.